The highest BCUT2D eigenvalue weighted by Gasteiger charge is 2.46. The number of carbonyl (C=O) groups is 2. The van der Waals surface area contributed by atoms with Crippen LogP contribution in [0.1, 0.15) is 26.5 Å². The zero-order chi connectivity index (χ0) is 12.9. The molecule has 5 nitrogen and oxygen atoms in total. The molecule has 1 aromatic rings. The first-order valence-corrected chi connectivity index (χ1v) is 5.55. The number of carbonyl (C=O) groups excluding carboxylic acids is 2. The molecule has 1 aromatic heterocycles. The van der Waals surface area contributed by atoms with Gasteiger partial charge >= 0.3 is 11.9 Å². The first-order chi connectivity index (χ1) is 8.07. The average molecular weight is 239 g/mol. The van der Waals surface area contributed by atoms with Gasteiger partial charge in [-0.3, -0.25) is 9.59 Å². The number of ether oxygens (including phenoxy) is 2. The Labute approximate surface area is 100 Å². The van der Waals surface area contributed by atoms with E-state index in [9.17, 15) is 9.59 Å². The van der Waals surface area contributed by atoms with Gasteiger partial charge in [0.15, 0.2) is 0 Å². The third-order valence-corrected chi connectivity index (χ3v) is 2.50. The molecule has 1 heterocycles. The van der Waals surface area contributed by atoms with E-state index < -0.39 is 17.4 Å². The third-order valence-electron chi connectivity index (χ3n) is 2.50. The van der Waals surface area contributed by atoms with Crippen LogP contribution in [0.3, 0.4) is 0 Å². The number of rotatable bonds is 5. The molecule has 0 aliphatic heterocycles. The molecular formula is C12H17NO4. The predicted molar refractivity (Wildman–Crippen MR) is 61.4 cm³/mol. The van der Waals surface area contributed by atoms with E-state index in [1.165, 1.54) is 6.92 Å². The van der Waals surface area contributed by atoms with Crippen molar-refractivity contribution >= 4 is 11.9 Å². The van der Waals surface area contributed by atoms with Crippen molar-refractivity contribution in [2.24, 2.45) is 0 Å². The average Bonchev–Trinajstić information content (AvgIpc) is 2.82. The maximum atomic E-state index is 11.9. The SMILES string of the molecule is CCOC(=O)C(C)(C(=O)OCC)c1ccc[nH]1. The summed E-state index contributed by atoms with van der Waals surface area (Å²) in [5, 5.41) is 0. The second-order valence-corrected chi connectivity index (χ2v) is 3.65. The van der Waals surface area contributed by atoms with Crippen LogP contribution in [-0.2, 0) is 24.5 Å². The maximum absolute atomic E-state index is 11.9. The van der Waals surface area contributed by atoms with Crippen LogP contribution in [0.15, 0.2) is 18.3 Å². The van der Waals surface area contributed by atoms with E-state index in [2.05, 4.69) is 4.98 Å². The molecule has 0 radical (unpaired) electrons. The van der Waals surface area contributed by atoms with Crippen LogP contribution in [0.2, 0.25) is 0 Å². The topological polar surface area (TPSA) is 68.4 Å². The molecule has 0 fully saturated rings. The van der Waals surface area contributed by atoms with Gasteiger partial charge in [-0.15, -0.1) is 0 Å². The van der Waals surface area contributed by atoms with Gasteiger partial charge in [-0.25, -0.2) is 0 Å². The summed E-state index contributed by atoms with van der Waals surface area (Å²) in [6, 6.07) is 3.37. The van der Waals surface area contributed by atoms with Crippen molar-refractivity contribution in [2.45, 2.75) is 26.2 Å². The van der Waals surface area contributed by atoms with Crippen LogP contribution in [0.4, 0.5) is 0 Å². The Balaban J connectivity index is 3.09. The molecular weight excluding hydrogens is 222 g/mol. The molecule has 0 amide bonds. The van der Waals surface area contributed by atoms with E-state index >= 15 is 0 Å². The summed E-state index contributed by atoms with van der Waals surface area (Å²) in [5.74, 6) is -1.22. The van der Waals surface area contributed by atoms with Crippen molar-refractivity contribution in [1.82, 2.24) is 4.98 Å². The van der Waals surface area contributed by atoms with E-state index in [0.29, 0.717) is 5.69 Å². The molecule has 1 rings (SSSR count). The number of aromatic nitrogens is 1. The Kier molecular flexibility index (Phi) is 4.31. The van der Waals surface area contributed by atoms with E-state index in [4.69, 9.17) is 9.47 Å². The first-order valence-electron chi connectivity index (χ1n) is 5.55. The Morgan fingerprint density at radius 2 is 1.76 bits per heavy atom. The van der Waals surface area contributed by atoms with Crippen molar-refractivity contribution in [2.75, 3.05) is 13.2 Å². The molecule has 0 atom stereocenters. The highest BCUT2D eigenvalue weighted by atomic mass is 16.6. The van der Waals surface area contributed by atoms with E-state index in [-0.39, 0.29) is 13.2 Å². The molecule has 1 N–H and O–H groups in total. The van der Waals surface area contributed by atoms with E-state index in [1.807, 2.05) is 0 Å². The van der Waals surface area contributed by atoms with Gasteiger partial charge in [0.2, 0.25) is 5.41 Å². The zero-order valence-corrected chi connectivity index (χ0v) is 10.3. The normalized spacial score (nSPS) is 11.0. The second kappa shape index (κ2) is 5.52. The van der Waals surface area contributed by atoms with Crippen molar-refractivity contribution < 1.29 is 19.1 Å². The molecule has 0 spiro atoms. The van der Waals surface area contributed by atoms with Crippen molar-refractivity contribution in [3.8, 4) is 0 Å². The molecule has 0 aromatic carbocycles. The number of nitrogens with one attached hydrogen (secondary N) is 1. The lowest BCUT2D eigenvalue weighted by Crippen LogP contribution is -2.43. The molecule has 0 aliphatic carbocycles. The number of H-pyrrole nitrogens is 1. The van der Waals surface area contributed by atoms with Crippen molar-refractivity contribution in [1.29, 1.82) is 0 Å². The fourth-order valence-corrected chi connectivity index (χ4v) is 1.50. The fraction of sp³-hybridized carbons (Fsp3) is 0.500. The van der Waals surface area contributed by atoms with Gasteiger partial charge in [0, 0.05) is 11.9 Å². The summed E-state index contributed by atoms with van der Waals surface area (Å²) < 4.78 is 9.88. The molecule has 0 saturated heterocycles. The summed E-state index contributed by atoms with van der Waals surface area (Å²) >= 11 is 0. The standard InChI is InChI=1S/C12H17NO4/c1-4-16-10(14)12(3,11(15)17-5-2)9-7-6-8-13-9/h6-8,13H,4-5H2,1-3H3. The van der Waals surface area contributed by atoms with Gasteiger partial charge in [-0.2, -0.15) is 0 Å². The van der Waals surface area contributed by atoms with Crippen molar-refractivity contribution in [3.05, 3.63) is 24.0 Å². The Hall–Kier alpha value is -1.78. The monoisotopic (exact) mass is 239 g/mol. The van der Waals surface area contributed by atoms with Crippen LogP contribution in [0, 0.1) is 0 Å². The molecule has 0 unspecified atom stereocenters. The van der Waals surface area contributed by atoms with Crippen LogP contribution in [0.5, 0.6) is 0 Å². The smallest absolute Gasteiger partial charge is 0.329 e. The van der Waals surface area contributed by atoms with Crippen LogP contribution in [0.25, 0.3) is 0 Å². The van der Waals surface area contributed by atoms with Crippen LogP contribution < -0.4 is 0 Å². The molecule has 0 bridgehead atoms. The number of hydrogen-bond donors (Lipinski definition) is 1. The Morgan fingerprint density at radius 1 is 1.24 bits per heavy atom. The molecule has 94 valence electrons. The molecule has 0 aliphatic rings. The predicted octanol–water partition coefficient (Wildman–Crippen LogP) is 1.40. The van der Waals surface area contributed by atoms with Crippen LogP contribution in [-0.4, -0.2) is 30.1 Å². The summed E-state index contributed by atoms with van der Waals surface area (Å²) in [6.07, 6.45) is 1.64. The van der Waals surface area contributed by atoms with Gasteiger partial charge in [0.1, 0.15) is 0 Å². The number of aromatic amines is 1. The maximum Gasteiger partial charge on any atom is 0.329 e. The number of hydrogen-bond acceptors (Lipinski definition) is 4. The zero-order valence-electron chi connectivity index (χ0n) is 10.3. The minimum Gasteiger partial charge on any atom is -0.465 e. The minimum absolute atomic E-state index is 0.217. The quantitative estimate of drug-likeness (QED) is 0.623. The number of esters is 2. The van der Waals surface area contributed by atoms with Crippen molar-refractivity contribution in [3.63, 3.8) is 0 Å². The lowest BCUT2D eigenvalue weighted by atomic mass is 9.87. The highest BCUT2D eigenvalue weighted by Crippen LogP contribution is 2.26. The van der Waals surface area contributed by atoms with E-state index in [0.717, 1.165) is 0 Å². The fourth-order valence-electron chi connectivity index (χ4n) is 1.50. The first kappa shape index (κ1) is 13.3. The molecule has 5 heteroatoms. The molecule has 0 saturated carbocycles. The van der Waals surface area contributed by atoms with Gasteiger partial charge in [-0.05, 0) is 32.9 Å². The minimum atomic E-state index is -1.43. The summed E-state index contributed by atoms with van der Waals surface area (Å²) in [4.78, 5) is 26.7. The Bertz CT molecular complexity index is 365. The lowest BCUT2D eigenvalue weighted by molar-refractivity contribution is -0.164. The van der Waals surface area contributed by atoms with E-state index in [1.54, 1.807) is 32.2 Å². The highest BCUT2D eigenvalue weighted by molar-refractivity contribution is 6.05. The summed E-state index contributed by atoms with van der Waals surface area (Å²) in [7, 11) is 0. The van der Waals surface area contributed by atoms with Gasteiger partial charge < -0.3 is 14.5 Å². The lowest BCUT2D eigenvalue weighted by Gasteiger charge is -2.23. The second-order valence-electron chi connectivity index (χ2n) is 3.65. The third kappa shape index (κ3) is 2.49. The summed E-state index contributed by atoms with van der Waals surface area (Å²) in [6.45, 7) is 5.31. The van der Waals surface area contributed by atoms with Crippen LogP contribution >= 0.6 is 0 Å². The largest absolute Gasteiger partial charge is 0.465 e. The van der Waals surface area contributed by atoms with Gasteiger partial charge in [0.05, 0.1) is 13.2 Å². The Morgan fingerprint density at radius 3 is 2.12 bits per heavy atom. The van der Waals surface area contributed by atoms with Gasteiger partial charge in [-0.1, -0.05) is 0 Å². The van der Waals surface area contributed by atoms with Gasteiger partial charge in [0.25, 0.3) is 0 Å². The molecule has 17 heavy (non-hydrogen) atoms. The summed E-state index contributed by atoms with van der Waals surface area (Å²) in [5.41, 5.74) is -0.968.